The van der Waals surface area contributed by atoms with Crippen molar-refractivity contribution in [1.29, 1.82) is 0 Å². The van der Waals surface area contributed by atoms with Crippen molar-refractivity contribution < 1.29 is 4.74 Å². The predicted octanol–water partition coefficient (Wildman–Crippen LogP) is 1.91. The van der Waals surface area contributed by atoms with Crippen molar-refractivity contribution in [3.8, 4) is 0 Å². The summed E-state index contributed by atoms with van der Waals surface area (Å²) >= 11 is 7.30. The lowest BCUT2D eigenvalue weighted by molar-refractivity contribution is -0.0408. The molecule has 0 spiro atoms. The number of aromatic nitrogens is 4. The Bertz CT molecular complexity index is 613. The highest BCUT2D eigenvalue weighted by Gasteiger charge is 2.23. The minimum Gasteiger partial charge on any atom is -0.374 e. The number of rotatable bonds is 4. The van der Waals surface area contributed by atoms with Crippen LogP contribution in [-0.4, -0.2) is 50.1 Å². The van der Waals surface area contributed by atoms with E-state index in [-0.39, 0.29) is 6.10 Å². The van der Waals surface area contributed by atoms with Crippen molar-refractivity contribution in [2.24, 2.45) is 0 Å². The van der Waals surface area contributed by atoms with Gasteiger partial charge in [-0.2, -0.15) is 5.10 Å². The highest BCUT2D eigenvalue weighted by molar-refractivity contribution is 7.10. The number of nitrogens with zero attached hydrogens (tertiary/aromatic N) is 5. The predicted molar refractivity (Wildman–Crippen MR) is 81.6 cm³/mol. The summed E-state index contributed by atoms with van der Waals surface area (Å²) in [5, 5.41) is 8.57. The highest BCUT2D eigenvalue weighted by atomic mass is 35.5. The lowest BCUT2D eigenvalue weighted by Crippen LogP contribution is -2.44. The van der Waals surface area contributed by atoms with Gasteiger partial charge in [0.1, 0.15) is 10.0 Å². The van der Waals surface area contributed by atoms with Gasteiger partial charge >= 0.3 is 0 Å². The molecule has 0 amide bonds. The largest absolute Gasteiger partial charge is 0.374 e. The summed E-state index contributed by atoms with van der Waals surface area (Å²) in [6.07, 6.45) is 0.141. The number of hydrogen-bond donors (Lipinski definition) is 0. The Morgan fingerprint density at radius 2 is 2.33 bits per heavy atom. The zero-order valence-corrected chi connectivity index (χ0v) is 13.7. The zero-order chi connectivity index (χ0) is 14.8. The van der Waals surface area contributed by atoms with Crippen LogP contribution in [0.25, 0.3) is 0 Å². The number of hydrogen-bond acceptors (Lipinski definition) is 6. The van der Waals surface area contributed by atoms with Crippen molar-refractivity contribution in [3.05, 3.63) is 27.5 Å². The fraction of sp³-hybridized carbons (Fsp3) is 0.615. The van der Waals surface area contributed by atoms with E-state index < -0.39 is 0 Å². The van der Waals surface area contributed by atoms with Crippen molar-refractivity contribution in [1.82, 2.24) is 24.3 Å². The van der Waals surface area contributed by atoms with Gasteiger partial charge in [-0.05, 0) is 19.9 Å². The van der Waals surface area contributed by atoms with Crippen LogP contribution in [0.5, 0.6) is 0 Å². The molecule has 0 N–H and O–H groups in total. The van der Waals surface area contributed by atoms with Crippen LogP contribution in [0, 0.1) is 13.8 Å². The third-order valence-electron chi connectivity index (χ3n) is 3.59. The molecule has 6 nitrogen and oxygen atoms in total. The molecule has 2 aromatic heterocycles. The normalized spacial score (nSPS) is 20.0. The summed E-state index contributed by atoms with van der Waals surface area (Å²) in [4.78, 5) is 2.31. The van der Waals surface area contributed by atoms with E-state index in [2.05, 4.69) is 32.6 Å². The Hall–Kier alpha value is -1.02. The fourth-order valence-corrected chi connectivity index (χ4v) is 3.20. The van der Waals surface area contributed by atoms with Crippen LogP contribution in [0.4, 0.5) is 0 Å². The molecule has 1 fully saturated rings. The molecule has 0 aliphatic carbocycles. The molecule has 0 aromatic carbocycles. The number of morpholine rings is 1. The molecule has 0 unspecified atom stereocenters. The first-order valence-electron chi connectivity index (χ1n) is 6.93. The van der Waals surface area contributed by atoms with E-state index in [4.69, 9.17) is 16.3 Å². The van der Waals surface area contributed by atoms with Crippen LogP contribution in [0.1, 0.15) is 17.1 Å². The third kappa shape index (κ3) is 3.60. The zero-order valence-electron chi connectivity index (χ0n) is 12.1. The summed E-state index contributed by atoms with van der Waals surface area (Å²) < 4.78 is 12.4. The first-order chi connectivity index (χ1) is 10.1. The van der Waals surface area contributed by atoms with Crippen molar-refractivity contribution >= 4 is 23.1 Å². The molecule has 2 aromatic rings. The Labute approximate surface area is 132 Å². The number of ether oxygens (including phenoxy) is 1. The van der Waals surface area contributed by atoms with E-state index in [0.717, 1.165) is 44.2 Å². The Morgan fingerprint density at radius 1 is 1.48 bits per heavy atom. The Kier molecular flexibility index (Phi) is 4.54. The van der Waals surface area contributed by atoms with Gasteiger partial charge in [-0.25, -0.2) is 0 Å². The summed E-state index contributed by atoms with van der Waals surface area (Å²) in [5.41, 5.74) is 3.06. The quantitative estimate of drug-likeness (QED) is 0.858. The van der Waals surface area contributed by atoms with E-state index in [0.29, 0.717) is 4.34 Å². The topological polar surface area (TPSA) is 56.1 Å². The van der Waals surface area contributed by atoms with Gasteiger partial charge in [0.05, 0.1) is 24.9 Å². The summed E-state index contributed by atoms with van der Waals surface area (Å²) in [7, 11) is 0. The smallest absolute Gasteiger partial charge is 0.138 e. The van der Waals surface area contributed by atoms with E-state index in [9.17, 15) is 0 Å². The van der Waals surface area contributed by atoms with E-state index in [1.54, 1.807) is 0 Å². The molecule has 3 rings (SSSR count). The lowest BCUT2D eigenvalue weighted by Gasteiger charge is -2.32. The standard InChI is InChI=1S/C13H18ClN5OS/c1-9-5-10(2)19(16-9)7-11-6-18(3-4-20-11)8-12-13(14)21-17-15-12/h5,11H,3-4,6-8H2,1-2H3/t11-/m0/s1. The minimum absolute atomic E-state index is 0.141. The maximum Gasteiger partial charge on any atom is 0.138 e. The molecule has 0 radical (unpaired) electrons. The fourth-order valence-electron chi connectivity index (χ4n) is 2.59. The van der Waals surface area contributed by atoms with Crippen molar-refractivity contribution in [3.63, 3.8) is 0 Å². The average Bonchev–Trinajstić information content (AvgIpc) is 2.97. The molecular formula is C13H18ClN5OS. The second-order valence-corrected chi connectivity index (χ2v) is 6.69. The second-order valence-electron chi connectivity index (χ2n) is 5.33. The van der Waals surface area contributed by atoms with Gasteiger partial charge in [0.2, 0.25) is 0 Å². The summed E-state index contributed by atoms with van der Waals surface area (Å²) in [5.74, 6) is 0. The third-order valence-corrected chi connectivity index (χ3v) is 4.57. The molecule has 1 saturated heterocycles. The Balaban J connectivity index is 1.60. The maximum atomic E-state index is 6.07. The summed E-state index contributed by atoms with van der Waals surface area (Å²) in [6.45, 7) is 8.05. The maximum absolute atomic E-state index is 6.07. The van der Waals surface area contributed by atoms with Crippen LogP contribution in [0.2, 0.25) is 4.34 Å². The molecule has 0 bridgehead atoms. The molecule has 1 atom stereocenters. The molecule has 114 valence electrons. The van der Waals surface area contributed by atoms with Gasteiger partial charge in [0.25, 0.3) is 0 Å². The highest BCUT2D eigenvalue weighted by Crippen LogP contribution is 2.20. The van der Waals surface area contributed by atoms with Gasteiger partial charge in [-0.15, -0.1) is 5.10 Å². The molecule has 8 heteroatoms. The van der Waals surface area contributed by atoms with Crippen LogP contribution in [0.3, 0.4) is 0 Å². The summed E-state index contributed by atoms with van der Waals surface area (Å²) in [6, 6.07) is 2.08. The number of halogens is 1. The van der Waals surface area contributed by atoms with E-state index in [1.165, 1.54) is 17.2 Å². The first-order valence-corrected chi connectivity index (χ1v) is 8.08. The lowest BCUT2D eigenvalue weighted by atomic mass is 10.2. The average molecular weight is 328 g/mol. The molecule has 21 heavy (non-hydrogen) atoms. The molecular weight excluding hydrogens is 310 g/mol. The van der Waals surface area contributed by atoms with Gasteiger partial charge in [-0.3, -0.25) is 9.58 Å². The number of aryl methyl sites for hydroxylation is 2. The second kappa shape index (κ2) is 6.39. The monoisotopic (exact) mass is 327 g/mol. The van der Waals surface area contributed by atoms with Gasteiger partial charge in [-0.1, -0.05) is 16.1 Å². The minimum atomic E-state index is 0.141. The van der Waals surface area contributed by atoms with Crippen LogP contribution in [-0.2, 0) is 17.8 Å². The molecule has 3 heterocycles. The first kappa shape index (κ1) is 14.9. The van der Waals surface area contributed by atoms with E-state index in [1.807, 2.05) is 11.6 Å². The molecule has 1 aliphatic heterocycles. The Morgan fingerprint density at radius 3 is 3.00 bits per heavy atom. The van der Waals surface area contributed by atoms with Crippen LogP contribution < -0.4 is 0 Å². The van der Waals surface area contributed by atoms with Gasteiger partial charge < -0.3 is 4.74 Å². The van der Waals surface area contributed by atoms with Gasteiger partial charge in [0.15, 0.2) is 0 Å². The van der Waals surface area contributed by atoms with Crippen LogP contribution in [0.15, 0.2) is 6.07 Å². The van der Waals surface area contributed by atoms with E-state index >= 15 is 0 Å². The van der Waals surface area contributed by atoms with Crippen molar-refractivity contribution in [2.75, 3.05) is 19.7 Å². The van der Waals surface area contributed by atoms with Gasteiger partial charge in [0, 0.05) is 36.9 Å². The van der Waals surface area contributed by atoms with Crippen molar-refractivity contribution in [2.45, 2.75) is 33.0 Å². The van der Waals surface area contributed by atoms with Crippen LogP contribution >= 0.6 is 23.1 Å². The molecule has 1 aliphatic rings. The molecule has 0 saturated carbocycles. The SMILES string of the molecule is Cc1cc(C)n(C[C@@H]2CN(Cc3nnsc3Cl)CCO2)n1.